The molecule has 0 atom stereocenters. The topological polar surface area (TPSA) is 72.9 Å². The number of anilines is 2. The van der Waals surface area contributed by atoms with Crippen molar-refractivity contribution in [3.8, 4) is 16.8 Å². The third-order valence-corrected chi connectivity index (χ3v) is 5.15. The van der Waals surface area contributed by atoms with Crippen molar-refractivity contribution < 1.29 is 4.79 Å². The number of carbonyl (C=O) groups excluding carboxylic acids is 1. The number of amides is 1. The first-order chi connectivity index (χ1) is 13.7. The van der Waals surface area contributed by atoms with Crippen LogP contribution in [0.15, 0.2) is 79.1 Å². The average Bonchev–Trinajstić information content (AvgIpc) is 3.31. The summed E-state index contributed by atoms with van der Waals surface area (Å²) in [5.74, 6) is 0.294. The molecule has 5 rings (SSSR count). The van der Waals surface area contributed by atoms with Crippen molar-refractivity contribution in [3.05, 3.63) is 95.8 Å². The predicted molar refractivity (Wildman–Crippen MR) is 111 cm³/mol. The molecule has 0 fully saturated rings. The van der Waals surface area contributed by atoms with Gasteiger partial charge in [0.05, 0.1) is 5.69 Å². The van der Waals surface area contributed by atoms with Gasteiger partial charge in [-0.05, 0) is 52.9 Å². The number of fused-ring (bicyclic) bond motifs is 3. The number of hydrogen-bond acceptors (Lipinski definition) is 3. The fourth-order valence-electron chi connectivity index (χ4n) is 3.84. The standard InChI is InChI=1S/C23H18N4O/c24-23-25-11-12-27(23)17-7-3-6-16(14-17)26-22(28)20-10-4-9-19-18-8-2-1-5-15(18)13-21(19)20/h1-12,14H,13H2,(H2,24,25)(H,26,28). The molecule has 3 N–H and O–H groups in total. The Morgan fingerprint density at radius 1 is 1.00 bits per heavy atom. The van der Waals surface area contributed by atoms with Gasteiger partial charge in [0.2, 0.25) is 5.95 Å². The summed E-state index contributed by atoms with van der Waals surface area (Å²) in [6.45, 7) is 0. The fraction of sp³-hybridized carbons (Fsp3) is 0.0435. The summed E-state index contributed by atoms with van der Waals surface area (Å²) in [7, 11) is 0. The highest BCUT2D eigenvalue weighted by Crippen LogP contribution is 2.38. The van der Waals surface area contributed by atoms with E-state index in [2.05, 4.69) is 28.5 Å². The van der Waals surface area contributed by atoms with Crippen LogP contribution in [-0.4, -0.2) is 15.5 Å². The SMILES string of the molecule is Nc1nccn1-c1cccc(NC(=O)c2cccc3c2Cc2ccccc2-3)c1. The smallest absolute Gasteiger partial charge is 0.255 e. The molecule has 0 saturated heterocycles. The van der Waals surface area contributed by atoms with E-state index >= 15 is 0 Å². The number of carbonyl (C=O) groups is 1. The van der Waals surface area contributed by atoms with Crippen LogP contribution in [0.5, 0.6) is 0 Å². The molecule has 5 nitrogen and oxygen atoms in total. The molecule has 136 valence electrons. The molecule has 28 heavy (non-hydrogen) atoms. The number of imidazole rings is 1. The molecule has 0 saturated carbocycles. The monoisotopic (exact) mass is 366 g/mol. The van der Waals surface area contributed by atoms with Crippen LogP contribution in [0.25, 0.3) is 16.8 Å². The van der Waals surface area contributed by atoms with Gasteiger partial charge in [-0.15, -0.1) is 0 Å². The molecule has 5 heteroatoms. The predicted octanol–water partition coefficient (Wildman–Crippen LogP) is 4.28. The van der Waals surface area contributed by atoms with Gasteiger partial charge in [-0.25, -0.2) is 4.98 Å². The van der Waals surface area contributed by atoms with E-state index < -0.39 is 0 Å². The van der Waals surface area contributed by atoms with E-state index in [0.29, 0.717) is 17.2 Å². The van der Waals surface area contributed by atoms with Gasteiger partial charge in [-0.3, -0.25) is 9.36 Å². The van der Waals surface area contributed by atoms with Gasteiger partial charge < -0.3 is 11.1 Å². The number of hydrogen-bond donors (Lipinski definition) is 2. The van der Waals surface area contributed by atoms with Crippen molar-refractivity contribution in [2.75, 3.05) is 11.1 Å². The lowest BCUT2D eigenvalue weighted by molar-refractivity contribution is 0.102. The van der Waals surface area contributed by atoms with Gasteiger partial charge in [-0.1, -0.05) is 42.5 Å². The van der Waals surface area contributed by atoms with Gasteiger partial charge in [0.1, 0.15) is 0 Å². The highest BCUT2D eigenvalue weighted by molar-refractivity contribution is 6.07. The van der Waals surface area contributed by atoms with Crippen molar-refractivity contribution in [2.24, 2.45) is 0 Å². The van der Waals surface area contributed by atoms with Crippen LogP contribution in [0.2, 0.25) is 0 Å². The third kappa shape index (κ3) is 2.65. The second-order valence-corrected chi connectivity index (χ2v) is 6.83. The first kappa shape index (κ1) is 16.3. The molecule has 1 heterocycles. The Morgan fingerprint density at radius 3 is 2.68 bits per heavy atom. The number of nitrogens with two attached hydrogens (primary N) is 1. The lowest BCUT2D eigenvalue weighted by Crippen LogP contribution is -2.14. The van der Waals surface area contributed by atoms with Crippen molar-refractivity contribution in [1.82, 2.24) is 9.55 Å². The average molecular weight is 366 g/mol. The minimum Gasteiger partial charge on any atom is -0.369 e. The van der Waals surface area contributed by atoms with Gasteiger partial charge in [0, 0.05) is 23.6 Å². The summed E-state index contributed by atoms with van der Waals surface area (Å²) < 4.78 is 1.77. The van der Waals surface area contributed by atoms with Crippen LogP contribution < -0.4 is 11.1 Å². The zero-order valence-electron chi connectivity index (χ0n) is 15.1. The molecule has 4 aromatic rings. The number of benzene rings is 3. The molecular formula is C23H18N4O. The first-order valence-electron chi connectivity index (χ1n) is 9.11. The van der Waals surface area contributed by atoms with E-state index in [4.69, 9.17) is 5.73 Å². The summed E-state index contributed by atoms with van der Waals surface area (Å²) in [6.07, 6.45) is 4.21. The second kappa shape index (κ2) is 6.39. The highest BCUT2D eigenvalue weighted by Gasteiger charge is 2.23. The molecular weight excluding hydrogens is 348 g/mol. The maximum Gasteiger partial charge on any atom is 0.255 e. The molecule has 0 radical (unpaired) electrons. The summed E-state index contributed by atoms with van der Waals surface area (Å²) in [5, 5.41) is 3.02. The van der Waals surface area contributed by atoms with E-state index in [0.717, 1.165) is 23.2 Å². The van der Waals surface area contributed by atoms with Crippen LogP contribution in [0.1, 0.15) is 21.5 Å². The zero-order chi connectivity index (χ0) is 19.1. The van der Waals surface area contributed by atoms with Gasteiger partial charge in [0.25, 0.3) is 5.91 Å². The summed E-state index contributed by atoms with van der Waals surface area (Å²) >= 11 is 0. The van der Waals surface area contributed by atoms with Crippen LogP contribution in [0, 0.1) is 0 Å². The second-order valence-electron chi connectivity index (χ2n) is 6.83. The quantitative estimate of drug-likeness (QED) is 0.501. The van der Waals surface area contributed by atoms with E-state index in [9.17, 15) is 4.79 Å². The number of rotatable bonds is 3. The number of nitrogens with zero attached hydrogens (tertiary/aromatic N) is 2. The molecule has 1 amide bonds. The van der Waals surface area contributed by atoms with Gasteiger partial charge >= 0.3 is 0 Å². The largest absolute Gasteiger partial charge is 0.369 e. The zero-order valence-corrected chi connectivity index (χ0v) is 15.1. The lowest BCUT2D eigenvalue weighted by Gasteiger charge is -2.11. The van der Waals surface area contributed by atoms with Crippen LogP contribution in [0.3, 0.4) is 0 Å². The molecule has 0 bridgehead atoms. The first-order valence-corrected chi connectivity index (χ1v) is 9.11. The Kier molecular flexibility index (Phi) is 3.72. The van der Waals surface area contributed by atoms with Gasteiger partial charge in [-0.2, -0.15) is 0 Å². The van der Waals surface area contributed by atoms with E-state index in [-0.39, 0.29) is 5.91 Å². The highest BCUT2D eigenvalue weighted by atomic mass is 16.1. The Bertz CT molecular complexity index is 1210. The van der Waals surface area contributed by atoms with Crippen molar-refractivity contribution in [3.63, 3.8) is 0 Å². The van der Waals surface area contributed by atoms with E-state index in [1.807, 2.05) is 48.5 Å². The van der Waals surface area contributed by atoms with Crippen LogP contribution in [0.4, 0.5) is 11.6 Å². The Hall–Kier alpha value is -3.86. The molecule has 0 aliphatic heterocycles. The molecule has 1 aliphatic rings. The normalized spacial score (nSPS) is 11.7. The molecule has 3 aromatic carbocycles. The summed E-state index contributed by atoms with van der Waals surface area (Å²) in [4.78, 5) is 17.1. The Labute approximate surface area is 162 Å². The maximum atomic E-state index is 13.0. The molecule has 0 unspecified atom stereocenters. The fourth-order valence-corrected chi connectivity index (χ4v) is 3.84. The number of nitrogens with one attached hydrogen (secondary N) is 1. The van der Waals surface area contributed by atoms with Crippen LogP contribution >= 0.6 is 0 Å². The number of nitrogen functional groups attached to an aromatic ring is 1. The Balaban J connectivity index is 1.46. The minimum atomic E-state index is -0.111. The summed E-state index contributed by atoms with van der Waals surface area (Å²) in [5.41, 5.74) is 12.8. The molecule has 0 spiro atoms. The van der Waals surface area contributed by atoms with E-state index in [1.165, 1.54) is 11.1 Å². The lowest BCUT2D eigenvalue weighted by atomic mass is 10.0. The van der Waals surface area contributed by atoms with Crippen molar-refractivity contribution in [1.29, 1.82) is 0 Å². The van der Waals surface area contributed by atoms with Gasteiger partial charge in [0.15, 0.2) is 0 Å². The summed E-state index contributed by atoms with van der Waals surface area (Å²) in [6, 6.07) is 21.8. The maximum absolute atomic E-state index is 13.0. The third-order valence-electron chi connectivity index (χ3n) is 5.15. The van der Waals surface area contributed by atoms with Crippen molar-refractivity contribution >= 4 is 17.5 Å². The molecule has 1 aliphatic carbocycles. The molecule has 1 aromatic heterocycles. The Morgan fingerprint density at radius 2 is 1.82 bits per heavy atom. The minimum absolute atomic E-state index is 0.111. The van der Waals surface area contributed by atoms with E-state index in [1.54, 1.807) is 17.0 Å². The van der Waals surface area contributed by atoms with Crippen molar-refractivity contribution in [2.45, 2.75) is 6.42 Å². The number of aromatic nitrogens is 2. The van der Waals surface area contributed by atoms with Crippen LogP contribution in [-0.2, 0) is 6.42 Å².